The molecule has 1 unspecified atom stereocenters. The van der Waals surface area contributed by atoms with Crippen LogP contribution in [-0.4, -0.2) is 59.9 Å². The molecule has 1 fully saturated rings. The van der Waals surface area contributed by atoms with Crippen LogP contribution in [0, 0.1) is 11.6 Å². The Labute approximate surface area is 193 Å². The predicted octanol–water partition coefficient (Wildman–Crippen LogP) is 2.66. The molecular formula is C21H20Cl2F2N4O3. The summed E-state index contributed by atoms with van der Waals surface area (Å²) in [5.74, 6) is -4.18. The number of benzene rings is 2. The van der Waals surface area contributed by atoms with Crippen LogP contribution < -0.4 is 11.1 Å². The smallest absolute Gasteiger partial charge is 0.263 e. The van der Waals surface area contributed by atoms with Crippen LogP contribution in [0.4, 0.5) is 8.78 Å². The van der Waals surface area contributed by atoms with Crippen molar-refractivity contribution in [1.82, 2.24) is 15.1 Å². The second-order valence-electron chi connectivity index (χ2n) is 7.06. The van der Waals surface area contributed by atoms with Gasteiger partial charge in [0.25, 0.3) is 17.7 Å². The van der Waals surface area contributed by atoms with E-state index in [1.807, 2.05) is 0 Å². The Morgan fingerprint density at radius 3 is 2.09 bits per heavy atom. The minimum Gasteiger partial charge on any atom is -0.351 e. The van der Waals surface area contributed by atoms with Gasteiger partial charge in [0.05, 0.1) is 10.0 Å². The van der Waals surface area contributed by atoms with Gasteiger partial charge in [0.2, 0.25) is 0 Å². The van der Waals surface area contributed by atoms with Crippen molar-refractivity contribution >= 4 is 40.9 Å². The zero-order chi connectivity index (χ0) is 23.4. The third-order valence-corrected chi connectivity index (χ3v) is 5.66. The summed E-state index contributed by atoms with van der Waals surface area (Å²) in [5, 5.41) is 3.00. The summed E-state index contributed by atoms with van der Waals surface area (Å²) in [6, 6.07) is 6.99. The Hall–Kier alpha value is -2.75. The number of nitrogens with one attached hydrogen (secondary N) is 1. The fraction of sp³-hybridized carbons (Fsp3) is 0.286. The lowest BCUT2D eigenvalue weighted by atomic mass is 10.1. The molecule has 3 N–H and O–H groups in total. The number of rotatable bonds is 5. The molecule has 1 aliphatic heterocycles. The fourth-order valence-electron chi connectivity index (χ4n) is 3.41. The van der Waals surface area contributed by atoms with Crippen LogP contribution in [0.5, 0.6) is 0 Å². The van der Waals surface area contributed by atoms with Crippen LogP contribution in [0.15, 0.2) is 36.4 Å². The second-order valence-corrected chi connectivity index (χ2v) is 7.88. The van der Waals surface area contributed by atoms with Gasteiger partial charge in [-0.05, 0) is 42.8 Å². The summed E-state index contributed by atoms with van der Waals surface area (Å²) in [6.45, 7) is 0.582. The number of halogens is 4. The van der Waals surface area contributed by atoms with Crippen molar-refractivity contribution in [3.8, 4) is 0 Å². The normalized spacial score (nSPS) is 16.1. The van der Waals surface area contributed by atoms with Gasteiger partial charge in [0.1, 0.15) is 0 Å². The number of nitrogens with zero attached hydrogens (tertiary/aromatic N) is 2. The molecule has 0 aliphatic carbocycles. The lowest BCUT2D eigenvalue weighted by Gasteiger charge is -2.42. The van der Waals surface area contributed by atoms with E-state index in [1.54, 1.807) is 0 Å². The molecule has 7 nitrogen and oxygen atoms in total. The molecule has 1 heterocycles. The molecule has 3 amide bonds. The van der Waals surface area contributed by atoms with E-state index >= 15 is 0 Å². The predicted molar refractivity (Wildman–Crippen MR) is 115 cm³/mol. The lowest BCUT2D eigenvalue weighted by Crippen LogP contribution is -2.63. The average molecular weight is 485 g/mol. The van der Waals surface area contributed by atoms with E-state index in [-0.39, 0.29) is 47.4 Å². The van der Waals surface area contributed by atoms with E-state index < -0.39 is 35.5 Å². The molecule has 0 radical (unpaired) electrons. The highest BCUT2D eigenvalue weighted by molar-refractivity contribution is 6.42. The van der Waals surface area contributed by atoms with Crippen molar-refractivity contribution in [1.29, 1.82) is 0 Å². The largest absolute Gasteiger partial charge is 0.351 e. The highest BCUT2D eigenvalue weighted by Gasteiger charge is 2.40. The number of carbonyl (C=O) groups excluding carboxylic acids is 3. The molecule has 1 atom stereocenters. The van der Waals surface area contributed by atoms with Gasteiger partial charge < -0.3 is 20.9 Å². The summed E-state index contributed by atoms with van der Waals surface area (Å²) in [6.07, 6.45) is -0.957. The van der Waals surface area contributed by atoms with Crippen molar-refractivity contribution in [2.75, 3.05) is 26.2 Å². The first kappa shape index (κ1) is 23.9. The van der Waals surface area contributed by atoms with Gasteiger partial charge in [-0.3, -0.25) is 14.4 Å². The maximum absolute atomic E-state index is 13.7. The second kappa shape index (κ2) is 10.2. The molecule has 0 spiro atoms. The van der Waals surface area contributed by atoms with E-state index in [4.69, 9.17) is 28.9 Å². The molecule has 1 aliphatic rings. The number of hydrogen-bond donors (Lipinski definition) is 2. The van der Waals surface area contributed by atoms with Gasteiger partial charge >= 0.3 is 0 Å². The average Bonchev–Trinajstić information content (AvgIpc) is 2.79. The Bertz CT molecular complexity index is 982. The molecule has 0 bridgehead atoms. The van der Waals surface area contributed by atoms with Crippen molar-refractivity contribution in [2.24, 2.45) is 5.73 Å². The maximum Gasteiger partial charge on any atom is 0.263 e. The summed E-state index contributed by atoms with van der Waals surface area (Å²) < 4.78 is 27.0. The first-order chi connectivity index (χ1) is 15.2. The van der Waals surface area contributed by atoms with Crippen LogP contribution in [0.1, 0.15) is 27.1 Å². The van der Waals surface area contributed by atoms with Crippen LogP contribution in [0.25, 0.3) is 0 Å². The quantitative estimate of drug-likeness (QED) is 0.681. The van der Waals surface area contributed by atoms with Crippen molar-refractivity contribution < 1.29 is 23.2 Å². The van der Waals surface area contributed by atoms with E-state index in [2.05, 4.69) is 5.32 Å². The molecule has 2 aromatic rings. The lowest BCUT2D eigenvalue weighted by molar-refractivity contribution is -0.132. The number of carbonyl (C=O) groups is 3. The number of hydrogen-bond acceptors (Lipinski definition) is 4. The molecular weight excluding hydrogens is 465 g/mol. The van der Waals surface area contributed by atoms with Gasteiger partial charge in [-0.25, -0.2) is 8.78 Å². The molecule has 0 aromatic heterocycles. The molecule has 0 saturated carbocycles. The Morgan fingerprint density at radius 1 is 0.938 bits per heavy atom. The molecule has 3 rings (SSSR count). The van der Waals surface area contributed by atoms with E-state index in [0.717, 1.165) is 23.1 Å². The minimum atomic E-state index is -1.32. The Kier molecular flexibility index (Phi) is 7.65. The first-order valence-corrected chi connectivity index (χ1v) is 10.5. The summed E-state index contributed by atoms with van der Waals surface area (Å²) in [7, 11) is 0. The van der Waals surface area contributed by atoms with E-state index in [0.29, 0.717) is 6.42 Å². The Balaban J connectivity index is 1.97. The summed E-state index contributed by atoms with van der Waals surface area (Å²) in [5.41, 5.74) is 5.49. The zero-order valence-electron chi connectivity index (χ0n) is 16.8. The molecule has 32 heavy (non-hydrogen) atoms. The highest BCUT2D eigenvalue weighted by Crippen LogP contribution is 2.26. The standard InChI is InChI=1S/C21H20Cl2F2N4O3/c22-14-4-2-12(10-15(14)23)20(31)28-8-1-9-29(19(28)18(30)27-7-6-26)21(32)13-3-5-16(24)17(25)11-13/h2-5,10-11,19H,1,6-9,26H2,(H,27,30). The number of nitrogens with two attached hydrogens (primary N) is 1. The highest BCUT2D eigenvalue weighted by atomic mass is 35.5. The van der Waals surface area contributed by atoms with Crippen LogP contribution >= 0.6 is 23.2 Å². The molecule has 11 heteroatoms. The van der Waals surface area contributed by atoms with Crippen molar-refractivity contribution in [3.05, 3.63) is 69.2 Å². The van der Waals surface area contributed by atoms with Gasteiger partial charge in [0.15, 0.2) is 17.8 Å². The Morgan fingerprint density at radius 2 is 1.53 bits per heavy atom. The van der Waals surface area contributed by atoms with Crippen molar-refractivity contribution in [2.45, 2.75) is 12.6 Å². The van der Waals surface area contributed by atoms with E-state index in [9.17, 15) is 23.2 Å². The van der Waals surface area contributed by atoms with Gasteiger partial charge in [-0.1, -0.05) is 23.2 Å². The third kappa shape index (κ3) is 5.01. The third-order valence-electron chi connectivity index (χ3n) is 4.92. The minimum absolute atomic E-state index is 0.122. The zero-order valence-corrected chi connectivity index (χ0v) is 18.3. The summed E-state index contributed by atoms with van der Waals surface area (Å²) in [4.78, 5) is 41.7. The summed E-state index contributed by atoms with van der Waals surface area (Å²) >= 11 is 11.9. The molecule has 2 aromatic carbocycles. The van der Waals surface area contributed by atoms with Crippen LogP contribution in [0.3, 0.4) is 0 Å². The van der Waals surface area contributed by atoms with Gasteiger partial charge in [0, 0.05) is 37.3 Å². The van der Waals surface area contributed by atoms with Crippen LogP contribution in [-0.2, 0) is 4.79 Å². The van der Waals surface area contributed by atoms with Gasteiger partial charge in [-0.2, -0.15) is 0 Å². The molecule has 170 valence electrons. The SMILES string of the molecule is NCCNC(=O)C1N(C(=O)c2ccc(F)c(F)c2)CCCN1C(=O)c1ccc(Cl)c(Cl)c1. The number of amides is 3. The molecule has 1 saturated heterocycles. The first-order valence-electron chi connectivity index (χ1n) is 9.74. The topological polar surface area (TPSA) is 95.7 Å². The van der Waals surface area contributed by atoms with Gasteiger partial charge in [-0.15, -0.1) is 0 Å². The maximum atomic E-state index is 13.7. The van der Waals surface area contributed by atoms with Crippen LogP contribution in [0.2, 0.25) is 10.0 Å². The van der Waals surface area contributed by atoms with E-state index in [1.165, 1.54) is 23.1 Å². The monoisotopic (exact) mass is 484 g/mol. The fourth-order valence-corrected chi connectivity index (χ4v) is 3.71. The van der Waals surface area contributed by atoms with Crippen molar-refractivity contribution in [3.63, 3.8) is 0 Å².